The Morgan fingerprint density at radius 1 is 1.16 bits per heavy atom. The quantitative estimate of drug-likeness (QED) is 0.373. The van der Waals surface area contributed by atoms with Crippen molar-refractivity contribution >= 4 is 33.1 Å². The second-order valence-electron chi connectivity index (χ2n) is 10.5. The molecule has 3 aromatic rings. The lowest BCUT2D eigenvalue weighted by Crippen LogP contribution is -2.40. The van der Waals surface area contributed by atoms with Crippen LogP contribution in [0.15, 0.2) is 70.7 Å². The van der Waals surface area contributed by atoms with E-state index >= 15 is 0 Å². The van der Waals surface area contributed by atoms with E-state index in [-0.39, 0.29) is 21.0 Å². The average Bonchev–Trinajstić information content (AvgIpc) is 3.18. The first-order valence-electron chi connectivity index (χ1n) is 12.8. The van der Waals surface area contributed by atoms with Crippen LogP contribution in [0.2, 0.25) is 0 Å². The SMILES string of the molecule is CC1CN(c2nccc(S(=O)(=O)c3cccc(NCCCN(C)c4ccccc4)n3)c2C(N)=O)C(C)(C)C1. The van der Waals surface area contributed by atoms with Crippen LogP contribution in [-0.4, -0.2) is 56.5 Å². The number of rotatable bonds is 10. The van der Waals surface area contributed by atoms with E-state index < -0.39 is 15.7 Å². The van der Waals surface area contributed by atoms with Gasteiger partial charge in [0.05, 0.1) is 4.90 Å². The molecular formula is C28H36N6O3S. The molecule has 0 saturated carbocycles. The number of nitrogens with one attached hydrogen (secondary N) is 1. The first kappa shape index (κ1) is 27.4. The van der Waals surface area contributed by atoms with E-state index in [9.17, 15) is 13.2 Å². The summed E-state index contributed by atoms with van der Waals surface area (Å²) in [7, 11) is -2.12. The topological polar surface area (TPSA) is 122 Å². The highest BCUT2D eigenvalue weighted by Gasteiger charge is 2.40. The summed E-state index contributed by atoms with van der Waals surface area (Å²) in [6, 6.07) is 16.2. The van der Waals surface area contributed by atoms with Crippen molar-refractivity contribution in [3.63, 3.8) is 0 Å². The predicted octanol–water partition coefficient (Wildman–Crippen LogP) is 3.97. The number of para-hydroxylation sites is 1. The Bertz CT molecular complexity index is 1390. The molecule has 1 aliphatic rings. The van der Waals surface area contributed by atoms with E-state index in [0.29, 0.717) is 30.6 Å². The highest BCUT2D eigenvalue weighted by molar-refractivity contribution is 7.91. The summed E-state index contributed by atoms with van der Waals surface area (Å²) >= 11 is 0. The molecule has 2 aromatic heterocycles. The molecule has 1 aromatic carbocycles. The van der Waals surface area contributed by atoms with Crippen LogP contribution >= 0.6 is 0 Å². The van der Waals surface area contributed by atoms with Crippen LogP contribution in [-0.2, 0) is 9.84 Å². The van der Waals surface area contributed by atoms with Crippen LogP contribution in [0.3, 0.4) is 0 Å². The van der Waals surface area contributed by atoms with Gasteiger partial charge in [0, 0.05) is 44.1 Å². The minimum atomic E-state index is -4.15. The van der Waals surface area contributed by atoms with Gasteiger partial charge in [0.1, 0.15) is 17.2 Å². The molecule has 0 aliphatic carbocycles. The lowest BCUT2D eigenvalue weighted by molar-refractivity contribution is 0.0997. The van der Waals surface area contributed by atoms with Gasteiger partial charge in [-0.15, -0.1) is 0 Å². The molecular weight excluding hydrogens is 500 g/mol. The van der Waals surface area contributed by atoms with Gasteiger partial charge in [-0.05, 0) is 62.9 Å². The van der Waals surface area contributed by atoms with Gasteiger partial charge < -0.3 is 20.9 Å². The lowest BCUT2D eigenvalue weighted by Gasteiger charge is -2.33. The van der Waals surface area contributed by atoms with Gasteiger partial charge in [-0.2, -0.15) is 0 Å². The van der Waals surface area contributed by atoms with Crippen molar-refractivity contribution in [2.24, 2.45) is 11.7 Å². The molecule has 0 radical (unpaired) electrons. The predicted molar refractivity (Wildman–Crippen MR) is 150 cm³/mol. The second-order valence-corrected chi connectivity index (χ2v) is 12.4. The fourth-order valence-electron chi connectivity index (χ4n) is 5.17. The number of nitrogens with two attached hydrogens (primary N) is 1. The molecule has 3 heterocycles. The highest BCUT2D eigenvalue weighted by Crippen LogP contribution is 2.39. The zero-order chi connectivity index (χ0) is 27.5. The van der Waals surface area contributed by atoms with Crippen molar-refractivity contribution in [1.29, 1.82) is 0 Å². The number of anilines is 3. The third-order valence-electron chi connectivity index (χ3n) is 6.93. The summed E-state index contributed by atoms with van der Waals surface area (Å²) in [6.45, 7) is 8.32. The number of sulfone groups is 1. The van der Waals surface area contributed by atoms with E-state index in [1.54, 1.807) is 12.1 Å². The Kier molecular flexibility index (Phi) is 7.91. The number of pyridine rings is 2. The Labute approximate surface area is 225 Å². The molecule has 1 aliphatic heterocycles. The highest BCUT2D eigenvalue weighted by atomic mass is 32.2. The largest absolute Gasteiger partial charge is 0.375 e. The molecule has 10 heteroatoms. The molecule has 1 amide bonds. The van der Waals surface area contributed by atoms with Crippen molar-refractivity contribution < 1.29 is 13.2 Å². The molecule has 38 heavy (non-hydrogen) atoms. The van der Waals surface area contributed by atoms with Crippen LogP contribution in [0, 0.1) is 5.92 Å². The third-order valence-corrected chi connectivity index (χ3v) is 8.63. The molecule has 4 rings (SSSR count). The number of carbonyl (C=O) groups is 1. The Morgan fingerprint density at radius 3 is 2.55 bits per heavy atom. The maximum absolute atomic E-state index is 13.7. The van der Waals surface area contributed by atoms with Gasteiger partial charge in [-0.3, -0.25) is 4.79 Å². The van der Waals surface area contributed by atoms with Gasteiger partial charge in [-0.25, -0.2) is 18.4 Å². The number of carbonyl (C=O) groups excluding carboxylic acids is 1. The van der Waals surface area contributed by atoms with E-state index in [1.807, 2.05) is 30.1 Å². The molecule has 1 saturated heterocycles. The Morgan fingerprint density at radius 2 is 1.89 bits per heavy atom. The Balaban J connectivity index is 1.55. The molecule has 1 unspecified atom stereocenters. The summed E-state index contributed by atoms with van der Waals surface area (Å²) < 4.78 is 27.5. The van der Waals surface area contributed by atoms with Gasteiger partial charge in [-0.1, -0.05) is 31.2 Å². The summed E-state index contributed by atoms with van der Waals surface area (Å²) in [5.41, 5.74) is 6.49. The van der Waals surface area contributed by atoms with Crippen LogP contribution < -0.4 is 20.9 Å². The summed E-state index contributed by atoms with van der Waals surface area (Å²) in [4.78, 5) is 25.4. The molecule has 1 fully saturated rings. The van der Waals surface area contributed by atoms with Crippen LogP contribution in [0.1, 0.15) is 44.0 Å². The minimum absolute atomic E-state index is 0.0983. The van der Waals surface area contributed by atoms with Gasteiger partial charge in [0.15, 0.2) is 5.03 Å². The lowest BCUT2D eigenvalue weighted by atomic mass is 9.97. The number of hydrogen-bond donors (Lipinski definition) is 2. The average molecular weight is 537 g/mol. The summed E-state index contributed by atoms with van der Waals surface area (Å²) in [5, 5.41) is 3.06. The van der Waals surface area contributed by atoms with Gasteiger partial charge in [0.25, 0.3) is 5.91 Å². The summed E-state index contributed by atoms with van der Waals surface area (Å²) in [5.74, 6) is 0.270. The zero-order valence-electron chi connectivity index (χ0n) is 22.4. The Hall–Kier alpha value is -3.66. The number of hydrogen-bond acceptors (Lipinski definition) is 8. The first-order chi connectivity index (χ1) is 18.0. The third kappa shape index (κ3) is 5.75. The van der Waals surface area contributed by atoms with Gasteiger partial charge >= 0.3 is 0 Å². The van der Waals surface area contributed by atoms with E-state index in [1.165, 1.54) is 18.3 Å². The smallest absolute Gasteiger partial charge is 0.253 e. The fraction of sp³-hybridized carbons (Fsp3) is 0.393. The van der Waals surface area contributed by atoms with E-state index in [2.05, 4.69) is 53.1 Å². The van der Waals surface area contributed by atoms with Crippen LogP contribution in [0.5, 0.6) is 0 Å². The maximum atomic E-state index is 13.7. The fourth-order valence-corrected chi connectivity index (χ4v) is 6.58. The van der Waals surface area contributed by atoms with Crippen molar-refractivity contribution in [2.45, 2.75) is 49.1 Å². The molecule has 3 N–H and O–H groups in total. The minimum Gasteiger partial charge on any atom is -0.375 e. The number of nitrogens with zero attached hydrogens (tertiary/aromatic N) is 4. The normalized spacial score (nSPS) is 16.8. The molecule has 1 atom stereocenters. The first-order valence-corrected chi connectivity index (χ1v) is 14.3. The van der Waals surface area contributed by atoms with Crippen molar-refractivity contribution in [1.82, 2.24) is 9.97 Å². The molecule has 0 spiro atoms. The summed E-state index contributed by atoms with van der Waals surface area (Å²) in [6.07, 6.45) is 3.13. The number of primary amides is 1. The standard InChI is InChI=1S/C28H36N6O3S/c1-20-18-28(2,3)34(19-20)27-25(26(29)35)22(14-16-31-27)38(36,37)24-13-8-12-23(32-24)30-15-9-17-33(4)21-10-6-5-7-11-21/h5-8,10-14,16,20H,9,15,17-19H2,1-4H3,(H2,29,35)(H,30,32). The number of amides is 1. The van der Waals surface area contributed by atoms with Crippen molar-refractivity contribution in [2.75, 3.05) is 41.8 Å². The van der Waals surface area contributed by atoms with Crippen molar-refractivity contribution in [3.8, 4) is 0 Å². The van der Waals surface area contributed by atoms with Crippen molar-refractivity contribution in [3.05, 3.63) is 66.4 Å². The molecule has 9 nitrogen and oxygen atoms in total. The monoisotopic (exact) mass is 536 g/mol. The second kappa shape index (κ2) is 11.0. The van der Waals surface area contributed by atoms with Crippen LogP contribution in [0.4, 0.5) is 17.3 Å². The van der Waals surface area contributed by atoms with E-state index in [4.69, 9.17) is 5.73 Å². The number of aromatic nitrogens is 2. The van der Waals surface area contributed by atoms with Gasteiger partial charge in [0.2, 0.25) is 9.84 Å². The molecule has 0 bridgehead atoms. The zero-order valence-corrected chi connectivity index (χ0v) is 23.2. The molecule has 202 valence electrons. The van der Waals surface area contributed by atoms with Crippen LogP contribution in [0.25, 0.3) is 0 Å². The van der Waals surface area contributed by atoms with E-state index in [0.717, 1.165) is 25.1 Å². The number of benzene rings is 1. The maximum Gasteiger partial charge on any atom is 0.253 e.